The maximum absolute atomic E-state index is 4.95. The van der Waals surface area contributed by atoms with Gasteiger partial charge in [-0.05, 0) is 45.4 Å². The normalized spacial score (nSPS) is 28.0. The van der Waals surface area contributed by atoms with Gasteiger partial charge in [0.2, 0.25) is 0 Å². The van der Waals surface area contributed by atoms with Crippen LogP contribution in [0.3, 0.4) is 0 Å². The SMILES string of the molecule is CCCCC1(C)C2=CS/C(=N/c3nc(cs3)C(C)(CCCC)C3=CS/C(=N/c4nc1cs4)[N-]3)[N-]2.[Cu+2]. The van der Waals surface area contributed by atoms with Crippen LogP contribution in [0.25, 0.3) is 10.6 Å². The van der Waals surface area contributed by atoms with Gasteiger partial charge in [-0.25, -0.2) is 9.97 Å². The molecule has 3 aliphatic rings. The van der Waals surface area contributed by atoms with Crippen LogP contribution in [0.2, 0.25) is 0 Å². The summed E-state index contributed by atoms with van der Waals surface area (Å²) in [5, 5.41) is 21.4. The summed E-state index contributed by atoms with van der Waals surface area (Å²) < 4.78 is 0. The Morgan fingerprint density at radius 2 is 1.17 bits per heavy atom. The molecular formula is C24H28CuN6S4. The number of amidine groups is 2. The maximum Gasteiger partial charge on any atom is 2.00 e. The Morgan fingerprint density at radius 3 is 1.57 bits per heavy atom. The molecule has 5 heterocycles. The monoisotopic (exact) mass is 591 g/mol. The summed E-state index contributed by atoms with van der Waals surface area (Å²) in [4.78, 5) is 19.6. The zero-order valence-electron chi connectivity index (χ0n) is 20.2. The fourth-order valence-corrected chi connectivity index (χ4v) is 7.67. The Hall–Kier alpha value is -1.10. The van der Waals surface area contributed by atoms with Crippen molar-refractivity contribution in [3.8, 4) is 0 Å². The molecule has 3 aliphatic heterocycles. The predicted octanol–water partition coefficient (Wildman–Crippen LogP) is 9.11. The van der Waals surface area contributed by atoms with Crippen LogP contribution in [-0.2, 0) is 27.9 Å². The number of thioether (sulfide) groups is 2. The number of aromatic nitrogens is 2. The van der Waals surface area contributed by atoms with E-state index in [9.17, 15) is 0 Å². The van der Waals surface area contributed by atoms with Crippen LogP contribution in [0, 0.1) is 0 Å². The van der Waals surface area contributed by atoms with Gasteiger partial charge in [-0.2, -0.15) is 0 Å². The van der Waals surface area contributed by atoms with Crippen LogP contribution in [0.5, 0.6) is 0 Å². The second kappa shape index (κ2) is 11.1. The first-order chi connectivity index (χ1) is 16.4. The van der Waals surface area contributed by atoms with Gasteiger partial charge in [0.1, 0.15) is 10.3 Å². The van der Waals surface area contributed by atoms with Crippen LogP contribution < -0.4 is 0 Å². The van der Waals surface area contributed by atoms with Crippen molar-refractivity contribution in [2.45, 2.75) is 77.0 Å². The molecule has 2 atom stereocenters. The second-order valence-electron chi connectivity index (χ2n) is 9.16. The van der Waals surface area contributed by atoms with E-state index in [1.807, 2.05) is 0 Å². The minimum Gasteiger partial charge on any atom is -0.433 e. The van der Waals surface area contributed by atoms with Gasteiger partial charge in [0.05, 0.1) is 11.4 Å². The van der Waals surface area contributed by atoms with E-state index in [0.29, 0.717) is 0 Å². The van der Waals surface area contributed by atoms with E-state index >= 15 is 0 Å². The van der Waals surface area contributed by atoms with Gasteiger partial charge < -0.3 is 20.6 Å². The molecule has 1 radical (unpaired) electrons. The fraction of sp³-hybridized carbons (Fsp3) is 0.500. The number of thiazole rings is 2. The Labute approximate surface area is 234 Å². The molecule has 0 aromatic carbocycles. The van der Waals surface area contributed by atoms with Crippen LogP contribution in [0.15, 0.2) is 43.0 Å². The van der Waals surface area contributed by atoms with Gasteiger partial charge >= 0.3 is 17.1 Å². The summed E-state index contributed by atoms with van der Waals surface area (Å²) in [5.41, 5.74) is 3.54. The third kappa shape index (κ3) is 5.31. The van der Waals surface area contributed by atoms with Crippen molar-refractivity contribution in [3.63, 3.8) is 0 Å². The molecular weight excluding hydrogens is 564 g/mol. The topological polar surface area (TPSA) is 78.7 Å². The van der Waals surface area contributed by atoms with Gasteiger partial charge in [-0.3, -0.25) is 0 Å². The number of hydrogen-bond donors (Lipinski definition) is 0. The zero-order chi connectivity index (χ0) is 23.8. The summed E-state index contributed by atoms with van der Waals surface area (Å²) in [7, 11) is 0. The number of hydrogen-bond acceptors (Lipinski definition) is 8. The molecule has 2 unspecified atom stereocenters. The molecule has 189 valence electrons. The van der Waals surface area contributed by atoms with Crippen LogP contribution in [-0.4, -0.2) is 20.3 Å². The molecule has 0 fully saturated rings. The molecule has 0 saturated heterocycles. The average molecular weight is 592 g/mol. The largest absolute Gasteiger partial charge is 2.00 e. The Bertz CT molecular complexity index is 1110. The molecule has 0 spiro atoms. The Kier molecular flexibility index (Phi) is 8.55. The van der Waals surface area contributed by atoms with E-state index in [2.05, 4.69) is 49.3 Å². The average Bonchev–Trinajstić information content (AvgIpc) is 3.63. The third-order valence-electron chi connectivity index (χ3n) is 6.67. The van der Waals surface area contributed by atoms with Crippen molar-refractivity contribution in [1.29, 1.82) is 0 Å². The second-order valence-corrected chi connectivity index (χ2v) is 12.5. The van der Waals surface area contributed by atoms with Gasteiger partial charge in [0.15, 0.2) is 0 Å². The molecule has 0 aliphatic carbocycles. The number of fused-ring (bicyclic) bond motifs is 8. The molecule has 6 nitrogen and oxygen atoms in total. The molecule has 11 heteroatoms. The Morgan fingerprint density at radius 1 is 0.743 bits per heavy atom. The van der Waals surface area contributed by atoms with E-state index in [0.717, 1.165) is 81.9 Å². The van der Waals surface area contributed by atoms with Gasteiger partial charge in [0, 0.05) is 21.6 Å². The first kappa shape index (κ1) is 26.9. The number of nitrogens with zero attached hydrogens (tertiary/aromatic N) is 6. The fourth-order valence-electron chi connectivity index (χ4n) is 4.28. The number of aliphatic imine (C=N–C) groups is 2. The molecule has 35 heavy (non-hydrogen) atoms. The molecule has 0 N–H and O–H groups in total. The van der Waals surface area contributed by atoms with Crippen molar-refractivity contribution in [2.24, 2.45) is 9.98 Å². The number of unbranched alkanes of at least 4 members (excludes halogenated alkanes) is 2. The van der Waals surface area contributed by atoms with Crippen LogP contribution in [0.4, 0.5) is 10.3 Å². The van der Waals surface area contributed by atoms with E-state index in [-0.39, 0.29) is 27.9 Å². The van der Waals surface area contributed by atoms with Crippen molar-refractivity contribution in [2.75, 3.05) is 0 Å². The van der Waals surface area contributed by atoms with E-state index in [4.69, 9.17) is 30.6 Å². The summed E-state index contributed by atoms with van der Waals surface area (Å²) in [6, 6.07) is 0. The standard InChI is InChI=1S/C24H28N6S4.Cu/c1-5-7-9-23(3)15-11-31-19(25-15)29-21-27-17(13-33-21)24(4,10-8-6-2)18-14-34-22(28-18)30-20-26-16(23)12-32-20;/h11-14H,5-10H2,1-4H3;/q-2;+2. The number of rotatable bonds is 6. The van der Waals surface area contributed by atoms with Gasteiger partial charge in [-0.15, -0.1) is 46.2 Å². The summed E-state index contributed by atoms with van der Waals surface area (Å²) in [6.45, 7) is 8.92. The van der Waals surface area contributed by atoms with Gasteiger partial charge in [-0.1, -0.05) is 53.4 Å². The van der Waals surface area contributed by atoms with Crippen molar-refractivity contribution in [1.82, 2.24) is 9.97 Å². The smallest absolute Gasteiger partial charge is 0.433 e. The quantitative estimate of drug-likeness (QED) is 0.314. The summed E-state index contributed by atoms with van der Waals surface area (Å²) in [5.74, 6) is 0. The van der Waals surface area contributed by atoms with Crippen molar-refractivity contribution in [3.05, 3.63) is 55.0 Å². The molecule has 2 aromatic rings. The maximum atomic E-state index is 4.95. The molecule has 5 rings (SSSR count). The first-order valence-electron chi connectivity index (χ1n) is 11.7. The first-order valence-corrected chi connectivity index (χ1v) is 15.2. The molecule has 0 amide bonds. The summed E-state index contributed by atoms with van der Waals surface area (Å²) >= 11 is 6.31. The van der Waals surface area contributed by atoms with Crippen molar-refractivity contribution >= 4 is 66.8 Å². The zero-order valence-corrected chi connectivity index (χ0v) is 24.4. The van der Waals surface area contributed by atoms with E-state index < -0.39 is 0 Å². The predicted molar refractivity (Wildman–Crippen MR) is 150 cm³/mol. The summed E-state index contributed by atoms with van der Waals surface area (Å²) in [6.07, 6.45) is 6.42. The van der Waals surface area contributed by atoms with Gasteiger partial charge in [0.25, 0.3) is 0 Å². The number of allylic oxidation sites excluding steroid dienone is 2. The minimum atomic E-state index is -0.275. The molecule has 8 bridgehead atoms. The van der Waals surface area contributed by atoms with Crippen molar-refractivity contribution < 1.29 is 17.1 Å². The van der Waals surface area contributed by atoms with Crippen LogP contribution >= 0.6 is 46.2 Å². The molecule has 0 saturated carbocycles. The third-order valence-corrected chi connectivity index (χ3v) is 9.61. The van der Waals surface area contributed by atoms with E-state index in [1.54, 1.807) is 46.2 Å². The molecule has 2 aromatic heterocycles. The minimum absolute atomic E-state index is 0. The van der Waals surface area contributed by atoms with E-state index in [1.165, 1.54) is 0 Å². The van der Waals surface area contributed by atoms with Crippen LogP contribution in [0.1, 0.15) is 77.6 Å². The Balaban J connectivity index is 0.00000289.